The van der Waals surface area contributed by atoms with Gasteiger partial charge in [-0.3, -0.25) is 0 Å². The minimum atomic E-state index is -0.342. The standard InChI is InChI=1S/C12H11BrFN3O/c1-18-6-9-10(13)11(15)17-12(16-9)7-3-2-4-8(14)5-7/h2-5H,6H2,1H3,(H2,15,16,17). The van der Waals surface area contributed by atoms with Crippen molar-refractivity contribution in [3.05, 3.63) is 40.2 Å². The van der Waals surface area contributed by atoms with Gasteiger partial charge in [-0.05, 0) is 28.1 Å². The molecule has 2 rings (SSSR count). The highest BCUT2D eigenvalue weighted by Crippen LogP contribution is 2.25. The van der Waals surface area contributed by atoms with E-state index in [0.717, 1.165) is 0 Å². The molecule has 0 atom stereocenters. The van der Waals surface area contributed by atoms with Crippen molar-refractivity contribution >= 4 is 21.7 Å². The minimum absolute atomic E-state index is 0.301. The number of anilines is 1. The van der Waals surface area contributed by atoms with Gasteiger partial charge in [-0.25, -0.2) is 14.4 Å². The van der Waals surface area contributed by atoms with Crippen molar-refractivity contribution in [2.24, 2.45) is 0 Å². The second-order valence-corrected chi connectivity index (χ2v) is 4.43. The van der Waals surface area contributed by atoms with Crippen LogP contribution in [-0.4, -0.2) is 17.1 Å². The van der Waals surface area contributed by atoms with E-state index in [0.29, 0.717) is 34.0 Å². The maximum absolute atomic E-state index is 13.2. The molecule has 2 N–H and O–H groups in total. The van der Waals surface area contributed by atoms with Crippen LogP contribution in [0.2, 0.25) is 0 Å². The van der Waals surface area contributed by atoms with Gasteiger partial charge < -0.3 is 10.5 Å². The molecule has 0 saturated carbocycles. The predicted octanol–water partition coefficient (Wildman–Crippen LogP) is 2.77. The Kier molecular flexibility index (Phi) is 3.88. The van der Waals surface area contributed by atoms with Crippen molar-refractivity contribution in [2.45, 2.75) is 6.61 Å². The van der Waals surface area contributed by atoms with E-state index in [1.165, 1.54) is 12.1 Å². The van der Waals surface area contributed by atoms with Crippen molar-refractivity contribution in [2.75, 3.05) is 12.8 Å². The van der Waals surface area contributed by atoms with E-state index in [1.54, 1.807) is 19.2 Å². The molecule has 94 valence electrons. The molecule has 1 heterocycles. The average Bonchev–Trinajstić information content (AvgIpc) is 2.35. The van der Waals surface area contributed by atoms with Gasteiger partial charge in [-0.1, -0.05) is 12.1 Å². The lowest BCUT2D eigenvalue weighted by atomic mass is 10.2. The monoisotopic (exact) mass is 311 g/mol. The number of benzene rings is 1. The summed E-state index contributed by atoms with van der Waals surface area (Å²) in [6.45, 7) is 0.301. The van der Waals surface area contributed by atoms with Gasteiger partial charge in [0.15, 0.2) is 5.82 Å². The first-order chi connectivity index (χ1) is 8.61. The van der Waals surface area contributed by atoms with Crippen molar-refractivity contribution < 1.29 is 9.13 Å². The van der Waals surface area contributed by atoms with Gasteiger partial charge >= 0.3 is 0 Å². The van der Waals surface area contributed by atoms with E-state index in [2.05, 4.69) is 25.9 Å². The van der Waals surface area contributed by atoms with Gasteiger partial charge in [0.1, 0.15) is 11.6 Å². The zero-order valence-corrected chi connectivity index (χ0v) is 11.2. The molecule has 0 spiro atoms. The highest BCUT2D eigenvalue weighted by molar-refractivity contribution is 9.10. The molecule has 0 aliphatic carbocycles. The van der Waals surface area contributed by atoms with Crippen LogP contribution in [0.3, 0.4) is 0 Å². The summed E-state index contributed by atoms with van der Waals surface area (Å²) in [6, 6.07) is 6.05. The van der Waals surface area contributed by atoms with Crippen molar-refractivity contribution in [3.63, 3.8) is 0 Å². The predicted molar refractivity (Wildman–Crippen MR) is 70.3 cm³/mol. The quantitative estimate of drug-likeness (QED) is 0.947. The van der Waals surface area contributed by atoms with Crippen LogP contribution in [0.25, 0.3) is 11.4 Å². The summed E-state index contributed by atoms with van der Waals surface area (Å²) < 4.78 is 18.8. The molecule has 0 saturated heterocycles. The second kappa shape index (κ2) is 5.41. The number of nitrogens with zero attached hydrogens (tertiary/aromatic N) is 2. The lowest BCUT2D eigenvalue weighted by molar-refractivity contribution is 0.181. The van der Waals surface area contributed by atoms with Gasteiger partial charge in [-0.2, -0.15) is 0 Å². The normalized spacial score (nSPS) is 10.6. The van der Waals surface area contributed by atoms with Crippen LogP contribution in [0.15, 0.2) is 28.7 Å². The van der Waals surface area contributed by atoms with Crippen LogP contribution in [0.4, 0.5) is 10.2 Å². The largest absolute Gasteiger partial charge is 0.383 e. The number of hydrogen-bond acceptors (Lipinski definition) is 4. The Morgan fingerprint density at radius 1 is 1.39 bits per heavy atom. The first-order valence-corrected chi connectivity index (χ1v) is 5.98. The Morgan fingerprint density at radius 3 is 2.83 bits per heavy atom. The Morgan fingerprint density at radius 2 is 2.17 bits per heavy atom. The fraction of sp³-hybridized carbons (Fsp3) is 0.167. The Hall–Kier alpha value is -1.53. The van der Waals surface area contributed by atoms with E-state index >= 15 is 0 Å². The molecule has 1 aromatic carbocycles. The zero-order valence-electron chi connectivity index (χ0n) is 9.65. The maximum Gasteiger partial charge on any atom is 0.162 e. The van der Waals surface area contributed by atoms with E-state index in [1.807, 2.05) is 0 Å². The number of halogens is 2. The van der Waals surface area contributed by atoms with Gasteiger partial charge in [0.05, 0.1) is 16.8 Å². The molecule has 0 aliphatic heterocycles. The summed E-state index contributed by atoms with van der Waals surface area (Å²) in [5, 5.41) is 0. The SMILES string of the molecule is COCc1nc(-c2cccc(F)c2)nc(N)c1Br. The van der Waals surface area contributed by atoms with Crippen molar-refractivity contribution in [1.82, 2.24) is 9.97 Å². The van der Waals surface area contributed by atoms with E-state index in [9.17, 15) is 4.39 Å². The molecule has 4 nitrogen and oxygen atoms in total. The topological polar surface area (TPSA) is 61.0 Å². The number of ether oxygens (including phenoxy) is 1. The molecule has 0 radical (unpaired) electrons. The number of rotatable bonds is 3. The number of hydrogen-bond donors (Lipinski definition) is 1. The molecule has 0 fully saturated rings. The van der Waals surface area contributed by atoms with Crippen LogP contribution >= 0.6 is 15.9 Å². The van der Waals surface area contributed by atoms with Crippen LogP contribution in [0.1, 0.15) is 5.69 Å². The molecule has 1 aromatic heterocycles. The smallest absolute Gasteiger partial charge is 0.162 e. The highest BCUT2D eigenvalue weighted by atomic mass is 79.9. The van der Waals surface area contributed by atoms with Crippen LogP contribution in [0.5, 0.6) is 0 Å². The summed E-state index contributed by atoms with van der Waals surface area (Å²) in [5.74, 6) is 0.337. The second-order valence-electron chi connectivity index (χ2n) is 3.64. The van der Waals surface area contributed by atoms with Crippen molar-refractivity contribution in [3.8, 4) is 11.4 Å². The molecule has 0 unspecified atom stereocenters. The van der Waals surface area contributed by atoms with Crippen LogP contribution in [-0.2, 0) is 11.3 Å². The third-order valence-electron chi connectivity index (χ3n) is 2.31. The van der Waals surface area contributed by atoms with Gasteiger partial charge in [-0.15, -0.1) is 0 Å². The van der Waals surface area contributed by atoms with Crippen molar-refractivity contribution in [1.29, 1.82) is 0 Å². The summed E-state index contributed by atoms with van der Waals surface area (Å²) in [4.78, 5) is 8.43. The van der Waals surface area contributed by atoms with Crippen LogP contribution < -0.4 is 5.73 Å². The third kappa shape index (κ3) is 2.65. The minimum Gasteiger partial charge on any atom is -0.383 e. The zero-order chi connectivity index (χ0) is 13.1. The average molecular weight is 312 g/mol. The summed E-state index contributed by atoms with van der Waals surface area (Å²) in [5.41, 5.74) is 6.98. The first-order valence-electron chi connectivity index (χ1n) is 5.18. The first kappa shape index (κ1) is 12.9. The fourth-order valence-electron chi connectivity index (χ4n) is 1.50. The third-order valence-corrected chi connectivity index (χ3v) is 3.17. The number of nitrogens with two attached hydrogens (primary N) is 1. The molecule has 0 aliphatic rings. The number of aromatic nitrogens is 2. The lowest BCUT2D eigenvalue weighted by Gasteiger charge is -2.08. The molecule has 18 heavy (non-hydrogen) atoms. The number of nitrogen functional groups attached to an aromatic ring is 1. The lowest BCUT2D eigenvalue weighted by Crippen LogP contribution is -2.03. The Balaban J connectivity index is 2.51. The van der Waals surface area contributed by atoms with Gasteiger partial charge in [0.25, 0.3) is 0 Å². The van der Waals surface area contributed by atoms with E-state index in [-0.39, 0.29) is 5.82 Å². The van der Waals surface area contributed by atoms with E-state index < -0.39 is 0 Å². The summed E-state index contributed by atoms with van der Waals surface area (Å²) in [7, 11) is 1.56. The molecule has 0 amide bonds. The molecule has 0 bridgehead atoms. The van der Waals surface area contributed by atoms with Crippen LogP contribution in [0, 0.1) is 5.82 Å². The molecular formula is C12H11BrFN3O. The molecule has 6 heteroatoms. The summed E-state index contributed by atoms with van der Waals surface area (Å²) >= 11 is 3.30. The summed E-state index contributed by atoms with van der Waals surface area (Å²) in [6.07, 6.45) is 0. The number of methoxy groups -OCH3 is 1. The maximum atomic E-state index is 13.2. The molecule has 2 aromatic rings. The Labute approximate surface area is 112 Å². The fourth-order valence-corrected chi connectivity index (χ4v) is 1.79. The molecular weight excluding hydrogens is 301 g/mol. The highest BCUT2D eigenvalue weighted by Gasteiger charge is 2.11. The van der Waals surface area contributed by atoms with Gasteiger partial charge in [0.2, 0.25) is 0 Å². The Bertz CT molecular complexity index is 577. The van der Waals surface area contributed by atoms with E-state index in [4.69, 9.17) is 10.5 Å². The van der Waals surface area contributed by atoms with Gasteiger partial charge in [0, 0.05) is 12.7 Å².